The fourth-order valence-electron chi connectivity index (χ4n) is 11.5. The molecule has 0 aliphatic carbocycles. The number of rotatable bonds is 11. The number of para-hydroxylation sites is 1. The molecule has 0 N–H and O–H groups in total. The highest BCUT2D eigenvalue weighted by molar-refractivity contribution is 7.20. The molecule has 0 aliphatic rings. The molecule has 1 aromatic heterocycles. The molecule has 0 bridgehead atoms. The van der Waals surface area contributed by atoms with Gasteiger partial charge in [0.15, 0.2) is 12.2 Å². The molecule has 0 radical (unpaired) electrons. The van der Waals surface area contributed by atoms with Gasteiger partial charge in [-0.15, -0.1) is 0 Å². The van der Waals surface area contributed by atoms with Crippen molar-refractivity contribution in [2.45, 2.75) is 81.6 Å². The molecule has 0 atom stereocenters. The zero-order chi connectivity index (χ0) is 67.4. The van der Waals surface area contributed by atoms with Crippen LogP contribution in [0.1, 0.15) is 74.2 Å². The quantitative estimate of drug-likeness (QED) is 0.0400. The summed E-state index contributed by atoms with van der Waals surface area (Å²) >= 11 is 0. The Morgan fingerprint density at radius 3 is 0.902 bits per heavy atom. The molecule has 9 aromatic carbocycles. The van der Waals surface area contributed by atoms with Crippen LogP contribution < -0.4 is 26.4 Å². The molecule has 0 unspecified atom stereocenters. The molecule has 1 heterocycles. The van der Waals surface area contributed by atoms with Crippen molar-refractivity contribution in [2.24, 2.45) is 0 Å². The molecule has 0 saturated heterocycles. The van der Waals surface area contributed by atoms with E-state index < -0.39 is 195 Å². The van der Waals surface area contributed by atoms with Crippen molar-refractivity contribution in [2.75, 3.05) is 0 Å². The Hall–Kier alpha value is -8.71. The molecule has 10 rings (SSSR count). The Bertz CT molecular complexity index is 3830. The third-order valence-electron chi connectivity index (χ3n) is 15.6. The third-order valence-corrected chi connectivity index (χ3v) is 15.6. The number of pyridine rings is 1. The van der Waals surface area contributed by atoms with Gasteiger partial charge in [-0.3, -0.25) is 0 Å². The minimum Gasteiger partial charge on any atom is -0.194 e. The topological polar surface area (TPSA) is 3.88 Å². The molecule has 0 spiro atoms. The van der Waals surface area contributed by atoms with Crippen LogP contribution in [0.25, 0.3) is 32.4 Å². The predicted molar refractivity (Wildman–Crippen MR) is 298 cm³/mol. The maximum absolute atomic E-state index is 14.2. The van der Waals surface area contributed by atoms with Crippen LogP contribution in [0.3, 0.4) is 0 Å². The second-order valence-electron chi connectivity index (χ2n) is 21.7. The summed E-state index contributed by atoms with van der Waals surface area (Å²) in [4.78, 5) is 0. The molecule has 0 saturated carbocycles. The van der Waals surface area contributed by atoms with Gasteiger partial charge >= 0.3 is 49.4 Å². The van der Waals surface area contributed by atoms with Gasteiger partial charge in [0.25, 0.3) is 0 Å². The predicted octanol–water partition coefficient (Wildman–Crippen LogP) is 19.3. The van der Waals surface area contributed by atoms with Crippen LogP contribution in [-0.2, 0) is 68.8 Å². The number of aromatic nitrogens is 1. The van der Waals surface area contributed by atoms with Crippen molar-refractivity contribution in [3.05, 3.63) is 255 Å². The number of benzene rings is 9. The Labute approximate surface area is 506 Å². The van der Waals surface area contributed by atoms with Gasteiger partial charge in [-0.25, -0.2) is 0 Å². The van der Waals surface area contributed by atoms with Crippen molar-refractivity contribution in [1.29, 1.82) is 0 Å². The highest BCUT2D eigenvalue weighted by Crippen LogP contribution is 2.42. The smallest absolute Gasteiger partial charge is 0.194 e. The van der Waals surface area contributed by atoms with Crippen molar-refractivity contribution >= 4 is 60.4 Å². The second kappa shape index (κ2) is 24.7. The number of unbranched alkanes of at least 4 members (excludes halogenated alkanes) is 1. The van der Waals surface area contributed by atoms with E-state index in [1.807, 2.05) is 0 Å². The Balaban J connectivity index is 0.000000242. The van der Waals surface area contributed by atoms with E-state index >= 15 is 0 Å². The molecule has 482 valence electrons. The lowest BCUT2D eigenvalue weighted by atomic mass is 9.12. The van der Waals surface area contributed by atoms with E-state index in [9.17, 15) is 105 Å². The van der Waals surface area contributed by atoms with Gasteiger partial charge < -0.3 is 0 Å². The largest absolute Gasteiger partial charge is 0.416 e. The first-order chi connectivity index (χ1) is 42.6. The summed E-state index contributed by atoms with van der Waals surface area (Å²) in [5.41, 5.74) is -24.6. The average molecular weight is 1320 g/mol. The van der Waals surface area contributed by atoms with E-state index in [0.717, 1.165) is 19.4 Å². The molecule has 0 aliphatic heterocycles. The fourth-order valence-corrected chi connectivity index (χ4v) is 11.5. The monoisotopic (exact) mass is 1320 g/mol. The van der Waals surface area contributed by atoms with Gasteiger partial charge in [-0.1, -0.05) is 140 Å². The lowest BCUT2D eigenvalue weighted by Gasteiger charge is -2.46. The van der Waals surface area contributed by atoms with Crippen LogP contribution in [0.5, 0.6) is 0 Å². The summed E-state index contributed by atoms with van der Waals surface area (Å²) in [6.07, 6.45) is -50.3. The van der Waals surface area contributed by atoms with Gasteiger partial charge in [0.05, 0.1) is 44.5 Å². The highest BCUT2D eigenvalue weighted by atomic mass is 19.4. The van der Waals surface area contributed by atoms with Crippen LogP contribution in [0.4, 0.5) is 105 Å². The van der Waals surface area contributed by atoms with Gasteiger partial charge in [0, 0.05) is 29.5 Å². The molecule has 10 aromatic rings. The molecular weight excluding hydrogens is 1270 g/mol. The SMILES string of the molecule is FC(F)(F)c1cc([B-](c2cc(C(F)(F)F)cc(C(F)(F)F)c2)(c2cc(C(F)(F)F)cc(C(F)(F)F)c2)c2cc(C(F)(F)F)cc(C(F)(F)F)c2)cc(C(F)(F)F)c1.c1ccc(C[n+]2c(CCCCc3c4ccccc4cc4ccccc34)ccc3ccccc32)cc1. The first-order valence-electron chi connectivity index (χ1n) is 27.3. The number of aryl methyl sites for hydroxylation is 2. The van der Waals surface area contributed by atoms with Crippen LogP contribution >= 0.6 is 0 Å². The highest BCUT2D eigenvalue weighted by Gasteiger charge is 2.47. The molecule has 1 nitrogen and oxygen atoms in total. The minimum absolute atomic E-state index is 0.691. The first-order valence-corrected chi connectivity index (χ1v) is 27.3. The standard InChI is InChI=1S/C34H30N.C32H12BF24/c1-2-12-26(13-3-1)25-35-30(23-22-27-14-6-11-21-34(27)35)17-7-10-20-33-31-18-8-4-15-28(31)24-29-16-5-9-19-32(29)33;34-25(35,36)13-1-14(26(37,38)39)6-21(5-13)33(22-7-15(27(40,41)42)2-16(8-22)28(43,44)45,23-9-17(29(46,47)48)3-18(10-23)30(49,50)51)24-11-19(31(52,53)54)4-20(12-24)32(55,56)57/h1-6,8-9,11-16,18-19,21-24H,7,10,17,20,25H2;1-12H/q+1;-1. The molecule has 0 amide bonds. The van der Waals surface area contributed by atoms with Crippen molar-refractivity contribution in [3.8, 4) is 0 Å². The maximum atomic E-state index is 14.2. The summed E-state index contributed by atoms with van der Waals surface area (Å²) in [7, 11) is 0. The van der Waals surface area contributed by atoms with Crippen molar-refractivity contribution in [1.82, 2.24) is 0 Å². The molecule has 0 fully saturated rings. The van der Waals surface area contributed by atoms with E-state index in [-0.39, 0.29) is 0 Å². The maximum Gasteiger partial charge on any atom is 0.416 e. The summed E-state index contributed by atoms with van der Waals surface area (Å²) in [5, 5.41) is 6.79. The summed E-state index contributed by atoms with van der Waals surface area (Å²) in [6, 6.07) is 35.4. The van der Waals surface area contributed by atoms with E-state index in [1.54, 1.807) is 0 Å². The van der Waals surface area contributed by atoms with Crippen molar-refractivity contribution < 1.29 is 110 Å². The van der Waals surface area contributed by atoms with E-state index in [4.69, 9.17) is 0 Å². The van der Waals surface area contributed by atoms with Crippen LogP contribution in [0.2, 0.25) is 0 Å². The van der Waals surface area contributed by atoms with Crippen molar-refractivity contribution in [3.63, 3.8) is 0 Å². The zero-order valence-electron chi connectivity index (χ0n) is 46.6. The number of hydrogen-bond donors (Lipinski definition) is 0. The number of nitrogens with zero attached hydrogens (tertiary/aromatic N) is 1. The molecule has 92 heavy (non-hydrogen) atoms. The number of alkyl halides is 24. The zero-order valence-corrected chi connectivity index (χ0v) is 46.6. The minimum atomic E-state index is -6.13. The Kier molecular flexibility index (Phi) is 18.2. The van der Waals surface area contributed by atoms with Crippen LogP contribution in [0, 0.1) is 0 Å². The second-order valence-corrected chi connectivity index (χ2v) is 21.7. The Morgan fingerprint density at radius 1 is 0.272 bits per heavy atom. The fraction of sp³-hybridized carbons (Fsp3) is 0.197. The normalized spacial score (nSPS) is 13.2. The summed E-state index contributed by atoms with van der Waals surface area (Å²) in [6.45, 7) is 0.908. The molecular formula is C66H42BF24N. The molecule has 26 heteroatoms. The lowest BCUT2D eigenvalue weighted by Crippen LogP contribution is -2.75. The van der Waals surface area contributed by atoms with E-state index in [1.165, 1.54) is 62.1 Å². The van der Waals surface area contributed by atoms with E-state index in [0.29, 0.717) is 0 Å². The van der Waals surface area contributed by atoms with Crippen LogP contribution in [0.15, 0.2) is 194 Å². The van der Waals surface area contributed by atoms with Gasteiger partial charge in [0.2, 0.25) is 5.52 Å². The van der Waals surface area contributed by atoms with Gasteiger partial charge in [0.1, 0.15) is 6.15 Å². The number of hydrogen-bond acceptors (Lipinski definition) is 0. The first kappa shape index (κ1) is 67.7. The third kappa shape index (κ3) is 14.8. The van der Waals surface area contributed by atoms with Gasteiger partial charge in [-0.05, 0) is 88.8 Å². The van der Waals surface area contributed by atoms with Gasteiger partial charge in [-0.2, -0.15) is 132 Å². The summed E-state index contributed by atoms with van der Waals surface area (Å²) in [5.74, 6) is 0. The van der Waals surface area contributed by atoms with E-state index in [2.05, 4.69) is 126 Å². The average Bonchev–Trinajstić information content (AvgIpc) is 0.708. The summed E-state index contributed by atoms with van der Waals surface area (Å²) < 4.78 is 343. The Morgan fingerprint density at radius 2 is 0.565 bits per heavy atom. The van der Waals surface area contributed by atoms with Crippen LogP contribution in [-0.4, -0.2) is 6.15 Å². The number of fused-ring (bicyclic) bond motifs is 3. The lowest BCUT2D eigenvalue weighted by molar-refractivity contribution is -0.670. The number of halogens is 24.